The number of aromatic nitrogens is 3. The van der Waals surface area contributed by atoms with Crippen molar-refractivity contribution in [1.82, 2.24) is 30.3 Å². The van der Waals surface area contributed by atoms with E-state index in [1.807, 2.05) is 30.6 Å². The van der Waals surface area contributed by atoms with Gasteiger partial charge in [-0.3, -0.25) is 9.89 Å². The molecule has 1 aromatic heterocycles. The Balaban J connectivity index is 1.57. The Morgan fingerprint density at radius 2 is 1.85 bits per heavy atom. The van der Waals surface area contributed by atoms with Crippen molar-refractivity contribution in [3.63, 3.8) is 0 Å². The summed E-state index contributed by atoms with van der Waals surface area (Å²) in [5.41, 5.74) is -0.368. The minimum absolute atomic E-state index is 0.0419. The maximum absolute atomic E-state index is 13.0. The van der Waals surface area contributed by atoms with Crippen LogP contribution in [0.2, 0.25) is 0 Å². The van der Waals surface area contributed by atoms with Gasteiger partial charge in [0.25, 0.3) is 0 Å². The lowest BCUT2D eigenvalue weighted by molar-refractivity contribution is -0.134. The van der Waals surface area contributed by atoms with E-state index in [0.29, 0.717) is 26.2 Å². The van der Waals surface area contributed by atoms with Crippen LogP contribution >= 0.6 is 0 Å². The van der Waals surface area contributed by atoms with Crippen molar-refractivity contribution in [2.75, 3.05) is 26.2 Å². The van der Waals surface area contributed by atoms with Crippen LogP contribution in [0.3, 0.4) is 0 Å². The summed E-state index contributed by atoms with van der Waals surface area (Å²) >= 11 is 0. The maximum Gasteiger partial charge on any atom is 0.317 e. The molecule has 3 heterocycles. The summed E-state index contributed by atoms with van der Waals surface area (Å²) in [6, 6.07) is 0.0554. The van der Waals surface area contributed by atoms with Crippen LogP contribution in [0, 0.1) is 18.8 Å². The fourth-order valence-corrected chi connectivity index (χ4v) is 5.04. The summed E-state index contributed by atoms with van der Waals surface area (Å²) in [4.78, 5) is 34.1. The third-order valence-electron chi connectivity index (χ3n) is 6.37. The van der Waals surface area contributed by atoms with E-state index >= 15 is 0 Å². The van der Waals surface area contributed by atoms with Crippen molar-refractivity contribution in [3.8, 4) is 0 Å². The van der Waals surface area contributed by atoms with Gasteiger partial charge in [0.05, 0.1) is 5.41 Å². The van der Waals surface area contributed by atoms with Crippen LogP contribution in [0.4, 0.5) is 4.79 Å². The zero-order chi connectivity index (χ0) is 19.2. The average Bonchev–Trinajstić information content (AvgIpc) is 3.36. The van der Waals surface area contributed by atoms with Gasteiger partial charge in [-0.25, -0.2) is 9.78 Å². The number of likely N-dealkylation sites (tertiary alicyclic amines) is 2. The maximum atomic E-state index is 13.0. The lowest BCUT2D eigenvalue weighted by Crippen LogP contribution is -2.46. The number of rotatable bonds is 3. The molecule has 8 heteroatoms. The van der Waals surface area contributed by atoms with Crippen molar-refractivity contribution in [1.29, 1.82) is 0 Å². The molecule has 0 aromatic carbocycles. The predicted molar refractivity (Wildman–Crippen MR) is 100 cm³/mol. The van der Waals surface area contributed by atoms with Gasteiger partial charge < -0.3 is 15.1 Å². The summed E-state index contributed by atoms with van der Waals surface area (Å²) in [6.07, 6.45) is 4.33. The first-order valence-electron chi connectivity index (χ1n) is 10.1. The van der Waals surface area contributed by atoms with Gasteiger partial charge in [0.1, 0.15) is 5.82 Å². The number of aryl methyl sites for hydroxylation is 1. The summed E-state index contributed by atoms with van der Waals surface area (Å²) in [6.45, 7) is 8.31. The molecule has 2 N–H and O–H groups in total. The van der Waals surface area contributed by atoms with Gasteiger partial charge in [-0.05, 0) is 33.6 Å². The molecule has 27 heavy (non-hydrogen) atoms. The standard InChI is InChI=1S/C19H30N6O2/c1-12(2)20-18(27)25-9-15-8-24(16(26)14-6-4-5-7-14)10-19(15,11-25)17-21-13(3)22-23-17/h12,14-15H,4-11H2,1-3H3,(H,20,27)(H,21,22,23)/t15-,19-/m1/s1. The van der Waals surface area contributed by atoms with E-state index in [4.69, 9.17) is 0 Å². The smallest absolute Gasteiger partial charge is 0.317 e. The zero-order valence-corrected chi connectivity index (χ0v) is 16.5. The third kappa shape index (κ3) is 3.19. The highest BCUT2D eigenvalue weighted by atomic mass is 16.2. The summed E-state index contributed by atoms with van der Waals surface area (Å²) in [5.74, 6) is 2.15. The lowest BCUT2D eigenvalue weighted by atomic mass is 9.80. The minimum atomic E-state index is -0.368. The van der Waals surface area contributed by atoms with E-state index in [1.165, 1.54) is 0 Å². The molecular weight excluding hydrogens is 344 g/mol. The number of hydrogen-bond donors (Lipinski definition) is 2. The van der Waals surface area contributed by atoms with Crippen LogP contribution < -0.4 is 5.32 Å². The second-order valence-electron chi connectivity index (χ2n) is 8.78. The van der Waals surface area contributed by atoms with Crippen LogP contribution in [-0.4, -0.2) is 69.1 Å². The molecule has 2 atom stereocenters. The van der Waals surface area contributed by atoms with Gasteiger partial charge in [0.15, 0.2) is 5.82 Å². The van der Waals surface area contributed by atoms with E-state index in [9.17, 15) is 9.59 Å². The first kappa shape index (κ1) is 18.3. The summed E-state index contributed by atoms with van der Waals surface area (Å²) in [5, 5.41) is 10.4. The van der Waals surface area contributed by atoms with Gasteiger partial charge in [-0.2, -0.15) is 5.10 Å². The monoisotopic (exact) mass is 374 g/mol. The van der Waals surface area contributed by atoms with Crippen LogP contribution in [0.1, 0.15) is 51.2 Å². The number of urea groups is 1. The number of aromatic amines is 1. The Morgan fingerprint density at radius 1 is 1.19 bits per heavy atom. The van der Waals surface area contributed by atoms with Crippen LogP contribution in [0.15, 0.2) is 0 Å². The number of hydrogen-bond acceptors (Lipinski definition) is 4. The second kappa shape index (κ2) is 6.80. The van der Waals surface area contributed by atoms with Gasteiger partial charge in [0, 0.05) is 44.1 Å². The Kier molecular flexibility index (Phi) is 4.60. The molecule has 3 amide bonds. The van der Waals surface area contributed by atoms with Gasteiger partial charge in [0.2, 0.25) is 5.91 Å². The third-order valence-corrected chi connectivity index (χ3v) is 6.37. The molecule has 1 saturated carbocycles. The molecule has 1 aliphatic carbocycles. The number of fused-ring (bicyclic) bond motifs is 1. The SMILES string of the molecule is Cc1nc([C@]23CN(C(=O)NC(C)C)C[C@H]2CN(C(=O)C2CCCC2)C3)n[nH]1. The number of nitrogens with zero attached hydrogens (tertiary/aromatic N) is 4. The van der Waals surface area contributed by atoms with Gasteiger partial charge in [-0.15, -0.1) is 0 Å². The number of carbonyl (C=O) groups is 2. The van der Waals surface area contributed by atoms with E-state index in [2.05, 4.69) is 20.5 Å². The number of nitrogens with one attached hydrogen (secondary N) is 2. The van der Waals surface area contributed by atoms with E-state index < -0.39 is 0 Å². The molecule has 1 aromatic rings. The topological polar surface area (TPSA) is 94.2 Å². The Morgan fingerprint density at radius 3 is 2.48 bits per heavy atom. The molecule has 0 bridgehead atoms. The highest BCUT2D eigenvalue weighted by molar-refractivity contribution is 5.80. The Hall–Kier alpha value is -2.12. The molecule has 8 nitrogen and oxygen atoms in total. The largest absolute Gasteiger partial charge is 0.341 e. The predicted octanol–water partition coefficient (Wildman–Crippen LogP) is 1.43. The summed E-state index contributed by atoms with van der Waals surface area (Å²) < 4.78 is 0. The van der Waals surface area contributed by atoms with Crippen molar-refractivity contribution >= 4 is 11.9 Å². The highest BCUT2D eigenvalue weighted by Gasteiger charge is 2.58. The van der Waals surface area contributed by atoms with E-state index in [0.717, 1.165) is 37.3 Å². The first-order chi connectivity index (χ1) is 12.9. The van der Waals surface area contributed by atoms with E-state index in [-0.39, 0.29) is 35.2 Å². The fourth-order valence-electron chi connectivity index (χ4n) is 5.04. The fraction of sp³-hybridized carbons (Fsp3) is 0.789. The number of amides is 3. The van der Waals surface area contributed by atoms with Gasteiger partial charge in [-0.1, -0.05) is 12.8 Å². The molecule has 0 spiro atoms. The number of H-pyrrole nitrogens is 1. The Bertz CT molecular complexity index is 726. The molecule has 3 aliphatic rings. The zero-order valence-electron chi connectivity index (χ0n) is 16.5. The van der Waals surface area contributed by atoms with Gasteiger partial charge >= 0.3 is 6.03 Å². The molecule has 0 radical (unpaired) electrons. The van der Waals surface area contributed by atoms with Crippen molar-refractivity contribution in [3.05, 3.63) is 11.6 Å². The second-order valence-corrected chi connectivity index (χ2v) is 8.78. The molecular formula is C19H30N6O2. The van der Waals surface area contributed by atoms with Crippen molar-refractivity contribution < 1.29 is 9.59 Å². The molecule has 4 rings (SSSR count). The normalized spacial score (nSPS) is 28.2. The van der Waals surface area contributed by atoms with Crippen LogP contribution in [0.25, 0.3) is 0 Å². The first-order valence-corrected chi connectivity index (χ1v) is 10.1. The molecule has 2 aliphatic heterocycles. The molecule has 148 valence electrons. The lowest BCUT2D eigenvalue weighted by Gasteiger charge is -2.28. The quantitative estimate of drug-likeness (QED) is 0.837. The Labute approximate surface area is 160 Å². The minimum Gasteiger partial charge on any atom is -0.341 e. The van der Waals surface area contributed by atoms with Crippen molar-refractivity contribution in [2.24, 2.45) is 11.8 Å². The number of carbonyl (C=O) groups excluding carboxylic acids is 2. The molecule has 0 unspecified atom stereocenters. The average molecular weight is 374 g/mol. The molecule has 2 saturated heterocycles. The highest BCUT2D eigenvalue weighted by Crippen LogP contribution is 2.44. The van der Waals surface area contributed by atoms with Crippen LogP contribution in [-0.2, 0) is 10.2 Å². The van der Waals surface area contributed by atoms with Crippen molar-refractivity contribution in [2.45, 2.75) is 57.9 Å². The van der Waals surface area contributed by atoms with Crippen LogP contribution in [0.5, 0.6) is 0 Å². The van der Waals surface area contributed by atoms with E-state index in [1.54, 1.807) is 0 Å². The molecule has 3 fully saturated rings. The summed E-state index contributed by atoms with van der Waals surface area (Å²) in [7, 11) is 0.